The van der Waals surface area contributed by atoms with Crippen LogP contribution in [0.3, 0.4) is 0 Å². The third-order valence-corrected chi connectivity index (χ3v) is 4.11. The summed E-state index contributed by atoms with van der Waals surface area (Å²) in [6.45, 7) is 6.17. The molecule has 2 rings (SSSR count). The highest BCUT2D eigenvalue weighted by atomic mass is 19.1. The molecule has 0 radical (unpaired) electrons. The average Bonchev–Trinajstić information content (AvgIpc) is 2.61. The van der Waals surface area contributed by atoms with E-state index < -0.39 is 6.10 Å². The zero-order valence-corrected chi connectivity index (χ0v) is 14.4. The van der Waals surface area contributed by atoms with Crippen LogP contribution in [0.15, 0.2) is 48.5 Å². The summed E-state index contributed by atoms with van der Waals surface area (Å²) >= 11 is 0. The van der Waals surface area contributed by atoms with Crippen LogP contribution in [0.1, 0.15) is 45.1 Å². The van der Waals surface area contributed by atoms with Gasteiger partial charge in [-0.25, -0.2) is 4.39 Å². The van der Waals surface area contributed by atoms with Crippen LogP contribution in [-0.2, 0) is 4.79 Å². The second kappa shape index (κ2) is 8.48. The molecule has 0 aromatic heterocycles. The first-order valence-corrected chi connectivity index (χ1v) is 8.37. The van der Waals surface area contributed by atoms with Gasteiger partial charge < -0.3 is 10.1 Å². The monoisotopic (exact) mass is 329 g/mol. The molecule has 2 atom stereocenters. The number of carbonyl (C=O) groups is 1. The zero-order chi connectivity index (χ0) is 17.5. The number of para-hydroxylation sites is 1. The van der Waals surface area contributed by atoms with Crippen LogP contribution >= 0.6 is 0 Å². The Kier molecular flexibility index (Phi) is 6.36. The van der Waals surface area contributed by atoms with Crippen molar-refractivity contribution in [1.82, 2.24) is 0 Å². The van der Waals surface area contributed by atoms with E-state index in [0.29, 0.717) is 18.0 Å². The summed E-state index contributed by atoms with van der Waals surface area (Å²) in [5, 5.41) is 2.77. The van der Waals surface area contributed by atoms with Gasteiger partial charge in [-0.2, -0.15) is 0 Å². The van der Waals surface area contributed by atoms with Crippen LogP contribution < -0.4 is 10.1 Å². The van der Waals surface area contributed by atoms with Crippen molar-refractivity contribution in [1.29, 1.82) is 0 Å². The molecule has 1 N–H and O–H groups in total. The van der Waals surface area contributed by atoms with Gasteiger partial charge in [0.1, 0.15) is 11.6 Å². The molecule has 24 heavy (non-hydrogen) atoms. The highest BCUT2D eigenvalue weighted by molar-refractivity contribution is 5.94. The van der Waals surface area contributed by atoms with Gasteiger partial charge in [-0.3, -0.25) is 4.79 Å². The first-order valence-electron chi connectivity index (χ1n) is 8.37. The molecule has 2 unspecified atom stereocenters. The smallest absolute Gasteiger partial charge is 0.265 e. The number of nitrogens with one attached hydrogen (secondary N) is 1. The van der Waals surface area contributed by atoms with Crippen molar-refractivity contribution >= 4 is 11.6 Å². The number of benzene rings is 2. The van der Waals surface area contributed by atoms with Gasteiger partial charge in [0.2, 0.25) is 0 Å². The molecule has 4 heteroatoms. The summed E-state index contributed by atoms with van der Waals surface area (Å²) < 4.78 is 18.9. The summed E-state index contributed by atoms with van der Waals surface area (Å²) in [5.74, 6) is 0.536. The second-order valence-electron chi connectivity index (χ2n) is 5.86. The highest BCUT2D eigenvalue weighted by Crippen LogP contribution is 2.29. The summed E-state index contributed by atoms with van der Waals surface area (Å²) in [6, 6.07) is 13.5. The van der Waals surface area contributed by atoms with Gasteiger partial charge >= 0.3 is 0 Å². The molecule has 0 aliphatic rings. The second-order valence-corrected chi connectivity index (χ2v) is 5.86. The normalized spacial score (nSPS) is 13.2. The minimum Gasteiger partial charge on any atom is -0.480 e. The Bertz CT molecular complexity index is 670. The Labute approximate surface area is 142 Å². The fourth-order valence-corrected chi connectivity index (χ4v) is 2.45. The maximum atomic E-state index is 13.0. The molecule has 0 saturated carbocycles. The van der Waals surface area contributed by atoms with E-state index in [-0.39, 0.29) is 11.7 Å². The maximum Gasteiger partial charge on any atom is 0.265 e. The lowest BCUT2D eigenvalue weighted by molar-refractivity contribution is -0.122. The zero-order valence-electron chi connectivity index (χ0n) is 14.4. The molecule has 128 valence electrons. The predicted octanol–water partition coefficient (Wildman–Crippen LogP) is 5.14. The Hall–Kier alpha value is -2.36. The lowest BCUT2D eigenvalue weighted by Crippen LogP contribution is -2.32. The standard InChI is InChI=1S/C20H24FNO2/c1-4-14(3)17-8-6-7-9-19(17)24-18(5-2)20(23)22-16-12-10-15(21)11-13-16/h6-14,18H,4-5H2,1-3H3,(H,22,23). The number of rotatable bonds is 7. The van der Waals surface area contributed by atoms with E-state index in [1.807, 2.05) is 31.2 Å². The molecule has 3 nitrogen and oxygen atoms in total. The number of anilines is 1. The quantitative estimate of drug-likeness (QED) is 0.764. The first-order chi connectivity index (χ1) is 11.5. The van der Waals surface area contributed by atoms with Crippen LogP contribution in [0.2, 0.25) is 0 Å². The SMILES string of the molecule is CCC(Oc1ccccc1C(C)CC)C(=O)Nc1ccc(F)cc1. The van der Waals surface area contributed by atoms with Crippen molar-refractivity contribution in [3.8, 4) is 5.75 Å². The molecule has 0 bridgehead atoms. The molecule has 0 fully saturated rings. The van der Waals surface area contributed by atoms with Crippen LogP contribution in [0.25, 0.3) is 0 Å². The third kappa shape index (κ3) is 4.57. The van der Waals surface area contributed by atoms with Gasteiger partial charge in [-0.1, -0.05) is 39.0 Å². The van der Waals surface area contributed by atoms with Crippen LogP contribution in [0, 0.1) is 5.82 Å². The molecular weight excluding hydrogens is 305 g/mol. The molecule has 0 spiro atoms. The van der Waals surface area contributed by atoms with Gasteiger partial charge in [0, 0.05) is 5.69 Å². The van der Waals surface area contributed by atoms with E-state index in [9.17, 15) is 9.18 Å². The summed E-state index contributed by atoms with van der Waals surface area (Å²) in [5.41, 5.74) is 1.66. The van der Waals surface area contributed by atoms with Crippen LogP contribution in [0.5, 0.6) is 5.75 Å². The van der Waals surface area contributed by atoms with Crippen molar-refractivity contribution in [3.63, 3.8) is 0 Å². The Morgan fingerprint density at radius 2 is 1.75 bits per heavy atom. The Morgan fingerprint density at radius 3 is 2.38 bits per heavy atom. The van der Waals surface area contributed by atoms with E-state index in [2.05, 4.69) is 19.2 Å². The van der Waals surface area contributed by atoms with E-state index >= 15 is 0 Å². The van der Waals surface area contributed by atoms with Gasteiger partial charge in [-0.15, -0.1) is 0 Å². The van der Waals surface area contributed by atoms with Gasteiger partial charge in [-0.05, 0) is 54.7 Å². The van der Waals surface area contributed by atoms with Gasteiger partial charge in [0.25, 0.3) is 5.91 Å². The number of amides is 1. The third-order valence-electron chi connectivity index (χ3n) is 4.11. The number of hydrogen-bond donors (Lipinski definition) is 1. The lowest BCUT2D eigenvalue weighted by atomic mass is 9.98. The number of halogens is 1. The van der Waals surface area contributed by atoms with Crippen LogP contribution in [0.4, 0.5) is 10.1 Å². The minimum absolute atomic E-state index is 0.233. The summed E-state index contributed by atoms with van der Waals surface area (Å²) in [4.78, 5) is 12.5. The van der Waals surface area contributed by atoms with Crippen molar-refractivity contribution in [3.05, 3.63) is 59.9 Å². The minimum atomic E-state index is -0.597. The first kappa shape index (κ1) is 18.0. The maximum absolute atomic E-state index is 13.0. The van der Waals surface area contributed by atoms with E-state index in [1.165, 1.54) is 24.3 Å². The average molecular weight is 329 g/mol. The molecule has 0 saturated heterocycles. The molecule has 1 amide bonds. The van der Waals surface area contributed by atoms with Gasteiger partial charge in [0.15, 0.2) is 6.10 Å². The number of ether oxygens (including phenoxy) is 1. The number of hydrogen-bond acceptors (Lipinski definition) is 2. The van der Waals surface area contributed by atoms with Crippen molar-refractivity contribution in [2.45, 2.75) is 45.6 Å². The molecule has 0 aliphatic heterocycles. The van der Waals surface area contributed by atoms with E-state index in [0.717, 1.165) is 17.7 Å². The Balaban J connectivity index is 2.11. The topological polar surface area (TPSA) is 38.3 Å². The van der Waals surface area contributed by atoms with E-state index in [4.69, 9.17) is 4.74 Å². The molecule has 0 heterocycles. The fraction of sp³-hybridized carbons (Fsp3) is 0.350. The van der Waals surface area contributed by atoms with Crippen LogP contribution in [-0.4, -0.2) is 12.0 Å². The van der Waals surface area contributed by atoms with Gasteiger partial charge in [0.05, 0.1) is 0 Å². The van der Waals surface area contributed by atoms with Crippen molar-refractivity contribution in [2.75, 3.05) is 5.32 Å². The fourth-order valence-electron chi connectivity index (χ4n) is 2.45. The number of carbonyl (C=O) groups excluding carboxylic acids is 1. The molecule has 2 aromatic carbocycles. The molecular formula is C20H24FNO2. The summed E-state index contributed by atoms with van der Waals surface area (Å²) in [6.07, 6.45) is 0.945. The predicted molar refractivity (Wildman–Crippen MR) is 94.9 cm³/mol. The summed E-state index contributed by atoms with van der Waals surface area (Å²) in [7, 11) is 0. The molecule has 0 aliphatic carbocycles. The largest absolute Gasteiger partial charge is 0.480 e. The lowest BCUT2D eigenvalue weighted by Gasteiger charge is -2.21. The van der Waals surface area contributed by atoms with Crippen molar-refractivity contribution in [2.24, 2.45) is 0 Å². The molecule has 2 aromatic rings. The van der Waals surface area contributed by atoms with E-state index in [1.54, 1.807) is 0 Å². The van der Waals surface area contributed by atoms with Crippen molar-refractivity contribution < 1.29 is 13.9 Å². The highest BCUT2D eigenvalue weighted by Gasteiger charge is 2.20. The Morgan fingerprint density at radius 1 is 1.08 bits per heavy atom.